The van der Waals surface area contributed by atoms with E-state index in [4.69, 9.17) is 16.4 Å². The lowest BCUT2D eigenvalue weighted by atomic mass is 10.2. The van der Waals surface area contributed by atoms with Crippen LogP contribution in [-0.2, 0) is 9.05 Å². The Labute approximate surface area is 108 Å². The molecule has 0 aliphatic carbocycles. The second-order valence-corrected chi connectivity index (χ2v) is 5.75. The summed E-state index contributed by atoms with van der Waals surface area (Å²) < 4.78 is 22.6. The third-order valence-corrected chi connectivity index (χ3v) is 3.29. The van der Waals surface area contributed by atoms with E-state index >= 15 is 0 Å². The molecule has 1 aromatic carbocycles. The van der Waals surface area contributed by atoms with Crippen molar-refractivity contribution in [1.82, 2.24) is 0 Å². The number of non-ortho nitro benzene ring substituents is 1. The maximum absolute atomic E-state index is 11.3. The van der Waals surface area contributed by atoms with Crippen LogP contribution in [0.2, 0.25) is 0 Å². The van der Waals surface area contributed by atoms with Crippen LogP contribution in [0.1, 0.15) is 12.0 Å². The third-order valence-electron chi connectivity index (χ3n) is 1.93. The molecule has 0 unspecified atom stereocenters. The van der Waals surface area contributed by atoms with Crippen LogP contribution in [0.25, 0.3) is 0 Å². The van der Waals surface area contributed by atoms with Gasteiger partial charge in [-0.05, 0) is 6.07 Å². The zero-order chi connectivity index (χ0) is 13.8. The SMILES string of the molecule is NCCC#Cc1ccc([N+](=O)[O-])cc1S(=O)(=O)Cl. The Balaban J connectivity index is 3.37. The first-order chi connectivity index (χ1) is 8.36. The van der Waals surface area contributed by atoms with Gasteiger partial charge in [-0.2, -0.15) is 0 Å². The Morgan fingerprint density at radius 3 is 2.61 bits per heavy atom. The van der Waals surface area contributed by atoms with Crippen molar-refractivity contribution in [2.24, 2.45) is 5.73 Å². The van der Waals surface area contributed by atoms with Crippen LogP contribution >= 0.6 is 10.7 Å². The Bertz CT molecular complexity index is 631. The second-order valence-electron chi connectivity index (χ2n) is 3.22. The molecule has 1 aromatic rings. The van der Waals surface area contributed by atoms with Gasteiger partial charge in [0, 0.05) is 41.3 Å². The lowest BCUT2D eigenvalue weighted by Gasteiger charge is -2.00. The van der Waals surface area contributed by atoms with Crippen LogP contribution in [0.5, 0.6) is 0 Å². The zero-order valence-electron chi connectivity index (χ0n) is 9.09. The lowest BCUT2D eigenvalue weighted by Crippen LogP contribution is -1.98. The molecule has 0 aliphatic heterocycles. The van der Waals surface area contributed by atoms with Gasteiger partial charge in [0.2, 0.25) is 0 Å². The van der Waals surface area contributed by atoms with Crippen molar-refractivity contribution in [3.8, 4) is 11.8 Å². The molecule has 96 valence electrons. The highest BCUT2D eigenvalue weighted by atomic mass is 35.7. The van der Waals surface area contributed by atoms with Gasteiger partial charge in [0.1, 0.15) is 4.90 Å². The fourth-order valence-corrected chi connectivity index (χ4v) is 2.19. The predicted octanol–water partition coefficient (Wildman–Crippen LogP) is 1.22. The Kier molecular flexibility index (Phi) is 4.67. The number of benzene rings is 1. The summed E-state index contributed by atoms with van der Waals surface area (Å²) in [6, 6.07) is 3.30. The molecule has 0 spiro atoms. The standard InChI is InChI=1S/C10H9ClN2O4S/c11-18(16,17)10-7-9(13(14)15)5-4-8(10)3-1-2-6-12/h4-5,7H,2,6,12H2. The van der Waals surface area contributed by atoms with Gasteiger partial charge in [-0.1, -0.05) is 11.8 Å². The molecule has 0 amide bonds. The molecule has 0 heterocycles. The fourth-order valence-electron chi connectivity index (χ4n) is 1.16. The van der Waals surface area contributed by atoms with Crippen molar-refractivity contribution in [2.75, 3.05) is 6.54 Å². The third kappa shape index (κ3) is 3.70. The quantitative estimate of drug-likeness (QED) is 0.390. The van der Waals surface area contributed by atoms with Crippen LogP contribution in [-0.4, -0.2) is 19.9 Å². The fraction of sp³-hybridized carbons (Fsp3) is 0.200. The van der Waals surface area contributed by atoms with E-state index in [2.05, 4.69) is 11.8 Å². The molecule has 0 aliphatic rings. The molecule has 0 fully saturated rings. The second kappa shape index (κ2) is 5.82. The molecule has 0 saturated carbocycles. The summed E-state index contributed by atoms with van der Waals surface area (Å²) in [4.78, 5) is 9.49. The zero-order valence-corrected chi connectivity index (χ0v) is 10.7. The first-order valence-electron chi connectivity index (χ1n) is 4.78. The minimum atomic E-state index is -4.09. The average molecular weight is 289 g/mol. The number of nitrogens with zero attached hydrogens (tertiary/aromatic N) is 1. The number of nitro groups is 1. The summed E-state index contributed by atoms with van der Waals surface area (Å²) in [5.74, 6) is 5.22. The van der Waals surface area contributed by atoms with Gasteiger partial charge in [0.25, 0.3) is 14.7 Å². The minimum Gasteiger partial charge on any atom is -0.330 e. The predicted molar refractivity (Wildman–Crippen MR) is 66.7 cm³/mol. The van der Waals surface area contributed by atoms with Crippen molar-refractivity contribution in [3.63, 3.8) is 0 Å². The van der Waals surface area contributed by atoms with E-state index in [0.717, 1.165) is 12.1 Å². The first-order valence-corrected chi connectivity index (χ1v) is 7.09. The summed E-state index contributed by atoms with van der Waals surface area (Å²) in [7, 11) is 1.12. The summed E-state index contributed by atoms with van der Waals surface area (Å²) in [5, 5.41) is 10.6. The van der Waals surface area contributed by atoms with E-state index in [9.17, 15) is 18.5 Å². The summed E-state index contributed by atoms with van der Waals surface area (Å²) in [6.45, 7) is 0.336. The first kappa shape index (κ1) is 14.4. The maximum atomic E-state index is 11.3. The van der Waals surface area contributed by atoms with Crippen LogP contribution in [0.4, 0.5) is 5.69 Å². The Hall–Kier alpha value is -1.62. The number of hydrogen-bond acceptors (Lipinski definition) is 5. The highest BCUT2D eigenvalue weighted by molar-refractivity contribution is 8.13. The largest absolute Gasteiger partial charge is 0.330 e. The van der Waals surface area contributed by atoms with Crippen LogP contribution in [0, 0.1) is 22.0 Å². The van der Waals surface area contributed by atoms with Gasteiger partial charge >= 0.3 is 0 Å². The van der Waals surface area contributed by atoms with Gasteiger partial charge in [0.15, 0.2) is 0 Å². The van der Waals surface area contributed by atoms with Crippen molar-refractivity contribution < 1.29 is 13.3 Å². The highest BCUT2D eigenvalue weighted by Crippen LogP contribution is 2.24. The summed E-state index contributed by atoms with van der Waals surface area (Å²) >= 11 is 0. The van der Waals surface area contributed by atoms with Gasteiger partial charge in [0.05, 0.1) is 4.92 Å². The van der Waals surface area contributed by atoms with E-state index in [0.29, 0.717) is 13.0 Å². The van der Waals surface area contributed by atoms with E-state index < -0.39 is 14.0 Å². The maximum Gasteiger partial charge on any atom is 0.270 e. The van der Waals surface area contributed by atoms with Crippen LogP contribution in [0.3, 0.4) is 0 Å². The molecule has 18 heavy (non-hydrogen) atoms. The van der Waals surface area contributed by atoms with E-state index in [-0.39, 0.29) is 16.1 Å². The Morgan fingerprint density at radius 2 is 2.11 bits per heavy atom. The highest BCUT2D eigenvalue weighted by Gasteiger charge is 2.19. The van der Waals surface area contributed by atoms with Gasteiger partial charge in [-0.25, -0.2) is 8.42 Å². The average Bonchev–Trinajstić information content (AvgIpc) is 2.28. The number of nitro benzene ring substituents is 1. The monoisotopic (exact) mass is 288 g/mol. The topological polar surface area (TPSA) is 103 Å². The Morgan fingerprint density at radius 1 is 1.44 bits per heavy atom. The van der Waals surface area contributed by atoms with E-state index in [1.807, 2.05) is 0 Å². The van der Waals surface area contributed by atoms with E-state index in [1.54, 1.807) is 0 Å². The lowest BCUT2D eigenvalue weighted by molar-refractivity contribution is -0.385. The van der Waals surface area contributed by atoms with Crippen molar-refractivity contribution in [1.29, 1.82) is 0 Å². The molecule has 8 heteroatoms. The van der Waals surface area contributed by atoms with Gasteiger partial charge in [-0.3, -0.25) is 10.1 Å². The van der Waals surface area contributed by atoms with Crippen molar-refractivity contribution >= 4 is 25.4 Å². The van der Waals surface area contributed by atoms with Crippen LogP contribution in [0.15, 0.2) is 23.1 Å². The van der Waals surface area contributed by atoms with Crippen LogP contribution < -0.4 is 5.73 Å². The molecule has 2 N–H and O–H groups in total. The number of rotatable bonds is 3. The molecule has 0 aromatic heterocycles. The molecule has 0 bridgehead atoms. The molecular weight excluding hydrogens is 280 g/mol. The van der Waals surface area contributed by atoms with Gasteiger partial charge in [-0.15, -0.1) is 0 Å². The summed E-state index contributed by atoms with van der Waals surface area (Å²) in [6.07, 6.45) is 0.388. The number of halogens is 1. The molecule has 0 atom stereocenters. The molecule has 0 saturated heterocycles. The minimum absolute atomic E-state index is 0.115. The molecular formula is C10H9ClN2O4S. The summed E-state index contributed by atoms with van der Waals surface area (Å²) in [5.41, 5.74) is 5.00. The molecule has 1 rings (SSSR count). The normalized spacial score (nSPS) is 10.6. The molecule has 0 radical (unpaired) electrons. The number of hydrogen-bond donors (Lipinski definition) is 1. The number of nitrogens with two attached hydrogens (primary N) is 1. The molecule has 6 nitrogen and oxygen atoms in total. The van der Waals surface area contributed by atoms with Crippen molar-refractivity contribution in [2.45, 2.75) is 11.3 Å². The smallest absolute Gasteiger partial charge is 0.270 e. The van der Waals surface area contributed by atoms with Crippen molar-refractivity contribution in [3.05, 3.63) is 33.9 Å². The van der Waals surface area contributed by atoms with E-state index in [1.165, 1.54) is 6.07 Å². The van der Waals surface area contributed by atoms with Gasteiger partial charge < -0.3 is 5.73 Å².